The number of carbonyl (C=O) groups is 1. The van der Waals surface area contributed by atoms with Gasteiger partial charge in [-0.2, -0.15) is 0 Å². The lowest BCUT2D eigenvalue weighted by atomic mass is 10.1. The maximum absolute atomic E-state index is 11.6. The molecule has 1 aromatic rings. The zero-order valence-corrected chi connectivity index (χ0v) is 13.3. The molecule has 6 heteroatoms. The molecule has 0 aromatic carbocycles. The minimum absolute atomic E-state index is 0.381. The van der Waals surface area contributed by atoms with E-state index in [1.807, 2.05) is 13.8 Å². The molecule has 0 amide bonds. The largest absolute Gasteiger partial charge is 0.367 e. The number of carbonyl (C=O) groups excluding carboxylic acids is 1. The Bertz CT molecular complexity index is 732. The molecule has 0 saturated heterocycles. The van der Waals surface area contributed by atoms with Gasteiger partial charge >= 0.3 is 11.6 Å². The van der Waals surface area contributed by atoms with Crippen LogP contribution in [0.25, 0.3) is 6.08 Å². The summed E-state index contributed by atoms with van der Waals surface area (Å²) in [6, 6.07) is 0. The van der Waals surface area contributed by atoms with Crippen LogP contribution in [0.3, 0.4) is 0 Å². The van der Waals surface area contributed by atoms with Crippen molar-refractivity contribution in [1.29, 1.82) is 0 Å². The fourth-order valence-electron chi connectivity index (χ4n) is 2.21. The van der Waals surface area contributed by atoms with Crippen molar-refractivity contribution in [3.63, 3.8) is 0 Å². The summed E-state index contributed by atoms with van der Waals surface area (Å²) >= 11 is 0. The quantitative estimate of drug-likeness (QED) is 0.476. The number of aryl methyl sites for hydroxylation is 1. The molecule has 0 atom stereocenters. The van der Waals surface area contributed by atoms with Crippen LogP contribution in [0, 0.1) is 0 Å². The highest BCUT2D eigenvalue weighted by molar-refractivity contribution is 6.22. The Kier molecular flexibility index (Phi) is 5.91. The molecular formula is C17H20N2O4. The summed E-state index contributed by atoms with van der Waals surface area (Å²) in [4.78, 5) is 27.8. The van der Waals surface area contributed by atoms with Crippen molar-refractivity contribution >= 4 is 17.8 Å². The predicted octanol–water partition coefficient (Wildman–Crippen LogP) is 3.13. The van der Waals surface area contributed by atoms with E-state index < -0.39 is 5.97 Å². The standard InChI is InChI=1S/C17H20N2O4/c1-3-8-14-12(16(20)22-18-14)10-6-5-7-11-13-15(9-4-2)19-23-17(13)21/h5-7,10-11,18H,3-4,8-9H2,1-2H3/b7-5+,10-6+,13-11+. The van der Waals surface area contributed by atoms with Gasteiger partial charge in [-0.05, 0) is 25.0 Å². The first-order valence-electron chi connectivity index (χ1n) is 7.71. The van der Waals surface area contributed by atoms with Crippen LogP contribution in [-0.2, 0) is 16.1 Å². The highest BCUT2D eigenvalue weighted by Gasteiger charge is 2.23. The van der Waals surface area contributed by atoms with E-state index in [-0.39, 0.29) is 5.63 Å². The van der Waals surface area contributed by atoms with E-state index in [1.54, 1.807) is 30.4 Å². The molecule has 1 aromatic heterocycles. The van der Waals surface area contributed by atoms with Crippen LogP contribution >= 0.6 is 0 Å². The third-order valence-electron chi connectivity index (χ3n) is 3.32. The second-order valence-electron chi connectivity index (χ2n) is 5.12. The van der Waals surface area contributed by atoms with Crippen molar-refractivity contribution < 1.29 is 14.2 Å². The second kappa shape index (κ2) is 8.12. The number of rotatable bonds is 7. The Labute approximate surface area is 134 Å². The first-order valence-corrected chi connectivity index (χ1v) is 7.71. The number of H-pyrrole nitrogens is 1. The lowest BCUT2D eigenvalue weighted by Crippen LogP contribution is -2.04. The molecule has 0 bridgehead atoms. The molecular weight excluding hydrogens is 296 g/mol. The van der Waals surface area contributed by atoms with Crippen LogP contribution in [0.15, 0.2) is 44.4 Å². The lowest BCUT2D eigenvalue weighted by Gasteiger charge is -1.94. The van der Waals surface area contributed by atoms with Crippen LogP contribution in [-0.4, -0.2) is 16.8 Å². The SMILES string of the molecule is CCCC1=NOC(=O)/C1=C/C=C/C=C/c1c(CCC)[nH]oc1=O. The average molecular weight is 316 g/mol. The van der Waals surface area contributed by atoms with Gasteiger partial charge in [0, 0.05) is 0 Å². The van der Waals surface area contributed by atoms with Gasteiger partial charge in [0.05, 0.1) is 22.5 Å². The molecule has 0 aliphatic carbocycles. The third kappa shape index (κ3) is 4.18. The normalized spacial score (nSPS) is 16.7. The lowest BCUT2D eigenvalue weighted by molar-refractivity contribution is -0.136. The molecule has 1 N–H and O–H groups in total. The monoisotopic (exact) mass is 316 g/mol. The Morgan fingerprint density at radius 2 is 1.87 bits per heavy atom. The first-order chi connectivity index (χ1) is 11.2. The van der Waals surface area contributed by atoms with Crippen LogP contribution in [0.4, 0.5) is 0 Å². The van der Waals surface area contributed by atoms with Crippen molar-refractivity contribution in [2.45, 2.75) is 39.5 Å². The highest BCUT2D eigenvalue weighted by atomic mass is 16.7. The number of nitrogens with one attached hydrogen (secondary N) is 1. The van der Waals surface area contributed by atoms with E-state index in [0.29, 0.717) is 23.3 Å². The van der Waals surface area contributed by atoms with E-state index in [4.69, 9.17) is 4.52 Å². The van der Waals surface area contributed by atoms with Crippen molar-refractivity contribution in [3.8, 4) is 0 Å². The summed E-state index contributed by atoms with van der Waals surface area (Å²) in [5.41, 5.74) is 2.08. The number of allylic oxidation sites excluding steroid dienone is 4. The van der Waals surface area contributed by atoms with E-state index in [1.165, 1.54) is 0 Å². The van der Waals surface area contributed by atoms with Gasteiger partial charge in [-0.3, -0.25) is 0 Å². The second-order valence-corrected chi connectivity index (χ2v) is 5.12. The smallest absolute Gasteiger partial charge is 0.338 e. The molecule has 6 nitrogen and oxygen atoms in total. The highest BCUT2D eigenvalue weighted by Crippen LogP contribution is 2.15. The Hall–Kier alpha value is -2.63. The summed E-state index contributed by atoms with van der Waals surface area (Å²) in [6.07, 6.45) is 11.8. The van der Waals surface area contributed by atoms with E-state index in [9.17, 15) is 9.59 Å². The molecule has 2 rings (SSSR count). The number of nitrogens with zero attached hydrogens (tertiary/aromatic N) is 1. The van der Waals surface area contributed by atoms with Gasteiger partial charge in [-0.1, -0.05) is 50.1 Å². The number of hydrogen-bond donors (Lipinski definition) is 1. The van der Waals surface area contributed by atoms with Crippen LogP contribution in [0.2, 0.25) is 0 Å². The third-order valence-corrected chi connectivity index (χ3v) is 3.32. The summed E-state index contributed by atoms with van der Waals surface area (Å²) in [5, 5.41) is 6.39. The number of oxime groups is 1. The molecule has 1 aliphatic rings. The zero-order valence-electron chi connectivity index (χ0n) is 13.3. The van der Waals surface area contributed by atoms with Gasteiger partial charge in [0.1, 0.15) is 0 Å². The average Bonchev–Trinajstić information content (AvgIpc) is 3.05. The topological polar surface area (TPSA) is 84.7 Å². The molecule has 2 heterocycles. The maximum atomic E-state index is 11.6. The van der Waals surface area contributed by atoms with Crippen LogP contribution in [0.1, 0.15) is 44.4 Å². The van der Waals surface area contributed by atoms with Gasteiger partial charge in [-0.25, -0.2) is 14.7 Å². The Balaban J connectivity index is 2.06. The molecule has 23 heavy (non-hydrogen) atoms. The van der Waals surface area contributed by atoms with Gasteiger partial charge in [0.25, 0.3) is 0 Å². The Morgan fingerprint density at radius 1 is 1.09 bits per heavy atom. The summed E-state index contributed by atoms with van der Waals surface area (Å²) in [6.45, 7) is 4.04. The molecule has 0 fully saturated rings. The first kappa shape index (κ1) is 16.7. The summed E-state index contributed by atoms with van der Waals surface area (Å²) in [7, 11) is 0. The number of aromatic nitrogens is 1. The van der Waals surface area contributed by atoms with Gasteiger partial charge in [0.2, 0.25) is 0 Å². The van der Waals surface area contributed by atoms with Crippen LogP contribution in [0.5, 0.6) is 0 Å². The van der Waals surface area contributed by atoms with Crippen molar-refractivity contribution in [2.24, 2.45) is 5.16 Å². The van der Waals surface area contributed by atoms with Crippen molar-refractivity contribution in [3.05, 3.63) is 51.6 Å². The fraction of sp³-hybridized carbons (Fsp3) is 0.353. The van der Waals surface area contributed by atoms with E-state index in [0.717, 1.165) is 25.0 Å². The molecule has 122 valence electrons. The molecule has 0 unspecified atom stereocenters. The summed E-state index contributed by atoms with van der Waals surface area (Å²) in [5.74, 6) is -0.432. The number of hydrogen-bond acceptors (Lipinski definition) is 5. The van der Waals surface area contributed by atoms with Gasteiger partial charge in [-0.15, -0.1) is 0 Å². The molecule has 0 saturated carbocycles. The maximum Gasteiger partial charge on any atom is 0.367 e. The number of aromatic amines is 1. The zero-order chi connectivity index (χ0) is 16.7. The minimum Gasteiger partial charge on any atom is -0.338 e. The fourth-order valence-corrected chi connectivity index (χ4v) is 2.21. The minimum atomic E-state index is -0.432. The Morgan fingerprint density at radius 3 is 2.61 bits per heavy atom. The van der Waals surface area contributed by atoms with E-state index >= 15 is 0 Å². The predicted molar refractivity (Wildman–Crippen MR) is 88.0 cm³/mol. The van der Waals surface area contributed by atoms with Crippen molar-refractivity contribution in [2.75, 3.05) is 0 Å². The summed E-state index contributed by atoms with van der Waals surface area (Å²) < 4.78 is 4.80. The molecule has 0 radical (unpaired) electrons. The van der Waals surface area contributed by atoms with Crippen molar-refractivity contribution in [1.82, 2.24) is 5.16 Å². The molecule has 1 aliphatic heterocycles. The van der Waals surface area contributed by atoms with Gasteiger partial charge in [0.15, 0.2) is 0 Å². The van der Waals surface area contributed by atoms with Crippen LogP contribution < -0.4 is 5.63 Å². The van der Waals surface area contributed by atoms with E-state index in [2.05, 4.69) is 15.1 Å². The van der Waals surface area contributed by atoms with Gasteiger partial charge < -0.3 is 9.36 Å². The molecule has 0 spiro atoms.